The Balaban J connectivity index is 3.11. The van der Waals surface area contributed by atoms with Crippen LogP contribution < -0.4 is 11.3 Å². The Kier molecular flexibility index (Phi) is 4.09. The summed E-state index contributed by atoms with van der Waals surface area (Å²) in [4.78, 5) is 0. The number of benzene rings is 1. The second-order valence-electron chi connectivity index (χ2n) is 4.13. The van der Waals surface area contributed by atoms with Crippen molar-refractivity contribution in [2.24, 2.45) is 11.8 Å². The van der Waals surface area contributed by atoms with Gasteiger partial charge in [0, 0.05) is 0 Å². The highest BCUT2D eigenvalue weighted by Gasteiger charge is 2.17. The van der Waals surface area contributed by atoms with Gasteiger partial charge in [-0.1, -0.05) is 26.8 Å². The Labute approximate surface area is 90.6 Å². The van der Waals surface area contributed by atoms with Crippen LogP contribution in [0.5, 0.6) is 0 Å². The molecule has 0 fully saturated rings. The van der Waals surface area contributed by atoms with E-state index in [-0.39, 0.29) is 5.82 Å². The summed E-state index contributed by atoms with van der Waals surface area (Å²) in [5.41, 5.74) is 4.35. The maximum Gasteiger partial charge on any atom is 0.125 e. The van der Waals surface area contributed by atoms with Crippen molar-refractivity contribution in [3.63, 3.8) is 0 Å². The average Bonchev–Trinajstić information content (AvgIpc) is 2.20. The molecule has 0 aliphatic carbocycles. The molecule has 15 heavy (non-hydrogen) atoms. The zero-order chi connectivity index (χ0) is 11.4. The minimum Gasteiger partial charge on any atom is -0.324 e. The van der Waals surface area contributed by atoms with E-state index >= 15 is 0 Å². The van der Waals surface area contributed by atoms with Gasteiger partial charge in [0.05, 0.1) is 5.69 Å². The van der Waals surface area contributed by atoms with Crippen molar-refractivity contribution in [1.82, 2.24) is 0 Å². The van der Waals surface area contributed by atoms with Crippen molar-refractivity contribution in [2.75, 3.05) is 5.43 Å². The van der Waals surface area contributed by atoms with Crippen LogP contribution in [-0.2, 0) is 0 Å². The molecule has 84 valence electrons. The predicted octanol–water partition coefficient (Wildman–Crippen LogP) is 3.26. The zero-order valence-corrected chi connectivity index (χ0v) is 9.55. The molecule has 1 aromatic carbocycles. The minimum atomic E-state index is -0.259. The lowest BCUT2D eigenvalue weighted by molar-refractivity contribution is 0.485. The maximum atomic E-state index is 13.0. The zero-order valence-electron chi connectivity index (χ0n) is 9.55. The van der Waals surface area contributed by atoms with Crippen LogP contribution in [0.1, 0.15) is 38.7 Å². The molecule has 1 rings (SSSR count). The number of nitrogens with one attached hydrogen (secondary N) is 1. The Hall–Kier alpha value is -1.09. The van der Waals surface area contributed by atoms with Crippen molar-refractivity contribution in [2.45, 2.75) is 33.1 Å². The number of nitrogens with two attached hydrogens (primary N) is 1. The molecule has 1 unspecified atom stereocenters. The summed E-state index contributed by atoms with van der Waals surface area (Å²) in [5, 5.41) is 0. The Morgan fingerprint density at radius 3 is 2.53 bits per heavy atom. The molecule has 2 nitrogen and oxygen atoms in total. The van der Waals surface area contributed by atoms with Crippen LogP contribution >= 0.6 is 0 Å². The van der Waals surface area contributed by atoms with E-state index in [1.807, 2.05) is 6.07 Å². The summed E-state index contributed by atoms with van der Waals surface area (Å²) in [6.45, 7) is 6.46. The van der Waals surface area contributed by atoms with Crippen LogP contribution in [0.15, 0.2) is 18.2 Å². The van der Waals surface area contributed by atoms with Crippen LogP contribution in [0, 0.1) is 11.7 Å². The molecule has 0 saturated carbocycles. The van der Waals surface area contributed by atoms with E-state index in [0.29, 0.717) is 17.5 Å². The molecule has 0 aromatic heterocycles. The molecular formula is C12H19FN2. The molecule has 0 aliphatic rings. The van der Waals surface area contributed by atoms with E-state index in [9.17, 15) is 4.39 Å². The van der Waals surface area contributed by atoms with E-state index in [2.05, 4.69) is 26.2 Å². The summed E-state index contributed by atoms with van der Waals surface area (Å²) >= 11 is 0. The molecule has 0 amide bonds. The largest absolute Gasteiger partial charge is 0.324 e. The van der Waals surface area contributed by atoms with Crippen LogP contribution in [0.4, 0.5) is 10.1 Å². The Morgan fingerprint density at radius 1 is 1.40 bits per heavy atom. The van der Waals surface area contributed by atoms with Gasteiger partial charge in [-0.3, -0.25) is 5.84 Å². The number of hydrogen-bond acceptors (Lipinski definition) is 2. The number of hydrazine groups is 1. The smallest absolute Gasteiger partial charge is 0.125 e. The molecule has 1 aromatic rings. The lowest BCUT2D eigenvalue weighted by Crippen LogP contribution is -2.14. The molecule has 1 atom stereocenters. The van der Waals surface area contributed by atoms with Gasteiger partial charge in [-0.15, -0.1) is 0 Å². The second kappa shape index (κ2) is 5.12. The Bertz CT molecular complexity index is 323. The molecule has 0 spiro atoms. The third kappa shape index (κ3) is 2.69. The van der Waals surface area contributed by atoms with E-state index in [4.69, 9.17) is 5.84 Å². The molecule has 0 saturated heterocycles. The first kappa shape index (κ1) is 12.0. The van der Waals surface area contributed by atoms with Gasteiger partial charge in [0.25, 0.3) is 0 Å². The van der Waals surface area contributed by atoms with Gasteiger partial charge < -0.3 is 5.43 Å². The summed E-state index contributed by atoms with van der Waals surface area (Å²) in [5.74, 6) is 6.07. The molecule has 3 N–H and O–H groups in total. The SMILES string of the molecule is CCC(c1ccc(F)cc1NN)C(C)C. The molecule has 0 radical (unpaired) electrons. The predicted molar refractivity (Wildman–Crippen MR) is 62.1 cm³/mol. The number of hydrogen-bond donors (Lipinski definition) is 2. The molecule has 0 aliphatic heterocycles. The number of halogens is 1. The first-order chi connectivity index (χ1) is 7.10. The van der Waals surface area contributed by atoms with Crippen LogP contribution in [0.3, 0.4) is 0 Å². The third-order valence-electron chi connectivity index (χ3n) is 2.81. The van der Waals surface area contributed by atoms with E-state index in [1.165, 1.54) is 12.1 Å². The van der Waals surface area contributed by atoms with E-state index < -0.39 is 0 Å². The lowest BCUT2D eigenvalue weighted by Gasteiger charge is -2.22. The molecule has 0 bridgehead atoms. The normalized spacial score (nSPS) is 12.9. The summed E-state index contributed by atoms with van der Waals surface area (Å²) in [6, 6.07) is 4.75. The maximum absolute atomic E-state index is 13.0. The first-order valence-electron chi connectivity index (χ1n) is 5.36. The highest BCUT2D eigenvalue weighted by atomic mass is 19.1. The fourth-order valence-electron chi connectivity index (χ4n) is 2.03. The number of nitrogen functional groups attached to an aromatic ring is 1. The van der Waals surface area contributed by atoms with Gasteiger partial charge in [-0.2, -0.15) is 0 Å². The molecule has 3 heteroatoms. The van der Waals surface area contributed by atoms with Crippen molar-refractivity contribution < 1.29 is 4.39 Å². The lowest BCUT2D eigenvalue weighted by atomic mass is 9.85. The summed E-state index contributed by atoms with van der Waals surface area (Å²) < 4.78 is 13.0. The van der Waals surface area contributed by atoms with Gasteiger partial charge >= 0.3 is 0 Å². The molecule has 0 heterocycles. The highest BCUT2D eigenvalue weighted by Crippen LogP contribution is 2.32. The topological polar surface area (TPSA) is 38.0 Å². The first-order valence-corrected chi connectivity index (χ1v) is 5.36. The quantitative estimate of drug-likeness (QED) is 0.591. The van der Waals surface area contributed by atoms with Crippen molar-refractivity contribution in [3.05, 3.63) is 29.6 Å². The average molecular weight is 210 g/mol. The van der Waals surface area contributed by atoms with Gasteiger partial charge in [0.1, 0.15) is 5.82 Å². The van der Waals surface area contributed by atoms with E-state index in [0.717, 1.165) is 12.0 Å². The number of rotatable bonds is 4. The fraction of sp³-hybridized carbons (Fsp3) is 0.500. The van der Waals surface area contributed by atoms with Crippen LogP contribution in [0.2, 0.25) is 0 Å². The van der Waals surface area contributed by atoms with Crippen molar-refractivity contribution >= 4 is 5.69 Å². The van der Waals surface area contributed by atoms with Gasteiger partial charge in [0.15, 0.2) is 0 Å². The van der Waals surface area contributed by atoms with Crippen molar-refractivity contribution in [1.29, 1.82) is 0 Å². The van der Waals surface area contributed by atoms with E-state index in [1.54, 1.807) is 0 Å². The third-order valence-corrected chi connectivity index (χ3v) is 2.81. The van der Waals surface area contributed by atoms with Gasteiger partial charge in [-0.05, 0) is 36.0 Å². The Morgan fingerprint density at radius 2 is 2.07 bits per heavy atom. The van der Waals surface area contributed by atoms with Crippen LogP contribution in [-0.4, -0.2) is 0 Å². The summed E-state index contributed by atoms with van der Waals surface area (Å²) in [6.07, 6.45) is 1.03. The van der Waals surface area contributed by atoms with Gasteiger partial charge in [-0.25, -0.2) is 4.39 Å². The van der Waals surface area contributed by atoms with Crippen LogP contribution in [0.25, 0.3) is 0 Å². The minimum absolute atomic E-state index is 0.259. The molecular weight excluding hydrogens is 191 g/mol. The highest BCUT2D eigenvalue weighted by molar-refractivity contribution is 5.52. The standard InChI is InChI=1S/C12H19FN2/c1-4-10(8(2)3)11-6-5-9(13)7-12(11)15-14/h5-8,10,15H,4,14H2,1-3H3. The summed E-state index contributed by atoms with van der Waals surface area (Å²) in [7, 11) is 0. The fourth-order valence-corrected chi connectivity index (χ4v) is 2.03. The monoisotopic (exact) mass is 210 g/mol. The second-order valence-corrected chi connectivity index (χ2v) is 4.13. The van der Waals surface area contributed by atoms with Gasteiger partial charge in [0.2, 0.25) is 0 Å². The number of anilines is 1. The van der Waals surface area contributed by atoms with Crippen molar-refractivity contribution in [3.8, 4) is 0 Å².